The Hall–Kier alpha value is 0.250. The molecule has 0 radical (unpaired) electrons. The Morgan fingerprint density at radius 3 is 2.00 bits per heavy atom. The predicted octanol–water partition coefficient (Wildman–Crippen LogP) is -7.22. The van der Waals surface area contributed by atoms with Crippen LogP contribution in [-0.2, 0) is 0 Å². The van der Waals surface area contributed by atoms with Crippen LogP contribution in [0.1, 0.15) is 20.7 Å². The molecule has 0 bridgehead atoms. The van der Waals surface area contributed by atoms with Crippen molar-refractivity contribution in [3.63, 3.8) is 0 Å². The SMILES string of the molecule is O=C([O-])c1ccc(Cl)c(O)c1C(=O)[O-].[Na+].[Na+]. The number of aromatic hydroxyl groups is 1. The van der Waals surface area contributed by atoms with E-state index >= 15 is 0 Å². The van der Waals surface area contributed by atoms with Crippen LogP contribution in [0.5, 0.6) is 5.75 Å². The number of benzene rings is 1. The Morgan fingerprint density at radius 2 is 1.62 bits per heavy atom. The van der Waals surface area contributed by atoms with Gasteiger partial charge >= 0.3 is 59.1 Å². The van der Waals surface area contributed by atoms with E-state index in [0.29, 0.717) is 0 Å². The first-order chi connectivity index (χ1) is 6.45. The maximum Gasteiger partial charge on any atom is 1.00 e. The molecule has 8 heteroatoms. The van der Waals surface area contributed by atoms with Crippen LogP contribution in [-0.4, -0.2) is 17.0 Å². The van der Waals surface area contributed by atoms with E-state index in [4.69, 9.17) is 16.7 Å². The molecule has 0 aromatic heterocycles. The molecule has 0 saturated carbocycles. The second-order valence-corrected chi connectivity index (χ2v) is 2.80. The molecule has 16 heavy (non-hydrogen) atoms. The summed E-state index contributed by atoms with van der Waals surface area (Å²) < 4.78 is 0. The average Bonchev–Trinajstić information content (AvgIpc) is 2.08. The number of hydrogen-bond donors (Lipinski definition) is 1. The Bertz CT molecular complexity index is 421. The van der Waals surface area contributed by atoms with Crippen LogP contribution in [0.3, 0.4) is 0 Å². The minimum absolute atomic E-state index is 0. The first-order valence-corrected chi connectivity index (χ1v) is 3.77. The summed E-state index contributed by atoms with van der Waals surface area (Å²) >= 11 is 5.38. The molecule has 0 aliphatic rings. The quantitative estimate of drug-likeness (QED) is 0.533. The molecule has 0 aliphatic carbocycles. The van der Waals surface area contributed by atoms with Crippen LogP contribution in [0.15, 0.2) is 12.1 Å². The van der Waals surface area contributed by atoms with E-state index in [9.17, 15) is 19.8 Å². The molecule has 0 heterocycles. The molecule has 0 unspecified atom stereocenters. The number of halogens is 1. The van der Waals surface area contributed by atoms with Crippen LogP contribution in [0.4, 0.5) is 0 Å². The predicted molar refractivity (Wildman–Crippen MR) is 41.8 cm³/mol. The fourth-order valence-corrected chi connectivity index (χ4v) is 1.10. The fraction of sp³-hybridized carbons (Fsp3) is 0. The summed E-state index contributed by atoms with van der Waals surface area (Å²) in [7, 11) is 0. The third-order valence-corrected chi connectivity index (χ3v) is 1.86. The third kappa shape index (κ3) is 3.92. The van der Waals surface area contributed by atoms with Crippen LogP contribution in [0.2, 0.25) is 5.02 Å². The van der Waals surface area contributed by atoms with E-state index in [0.717, 1.165) is 12.1 Å². The number of hydrogen-bond acceptors (Lipinski definition) is 5. The first kappa shape index (κ1) is 18.6. The first-order valence-electron chi connectivity index (χ1n) is 3.39. The van der Waals surface area contributed by atoms with Gasteiger partial charge in [0.2, 0.25) is 0 Å². The fourth-order valence-electron chi connectivity index (χ4n) is 0.942. The van der Waals surface area contributed by atoms with Crippen molar-refractivity contribution in [2.45, 2.75) is 0 Å². The van der Waals surface area contributed by atoms with Crippen molar-refractivity contribution in [1.82, 2.24) is 0 Å². The molecule has 1 aromatic rings. The molecule has 0 saturated heterocycles. The number of carbonyl (C=O) groups is 2. The Kier molecular flexibility index (Phi) is 8.78. The molecular formula is C8H3ClNa2O5. The standard InChI is InChI=1S/C8H5ClO5.2Na/c9-4-2-1-3(7(11)12)5(6(4)10)8(13)14;;/h1-2,10H,(H,11,12)(H,13,14);;/q;2*+1/p-2. The summed E-state index contributed by atoms with van der Waals surface area (Å²) in [6.45, 7) is 0. The summed E-state index contributed by atoms with van der Waals surface area (Å²) in [4.78, 5) is 20.9. The minimum atomic E-state index is -1.83. The Labute approximate surface area is 140 Å². The van der Waals surface area contributed by atoms with Gasteiger partial charge < -0.3 is 24.9 Å². The van der Waals surface area contributed by atoms with Crippen molar-refractivity contribution >= 4 is 23.5 Å². The van der Waals surface area contributed by atoms with Crippen LogP contribution < -0.4 is 69.3 Å². The van der Waals surface area contributed by atoms with Gasteiger partial charge in [-0.1, -0.05) is 17.7 Å². The zero-order valence-electron chi connectivity index (χ0n) is 8.61. The van der Waals surface area contributed by atoms with E-state index in [1.807, 2.05) is 0 Å². The van der Waals surface area contributed by atoms with Gasteiger partial charge in [0.05, 0.1) is 17.0 Å². The Morgan fingerprint density at radius 1 is 1.12 bits per heavy atom. The number of aromatic carboxylic acids is 2. The number of phenols is 1. The zero-order chi connectivity index (χ0) is 10.9. The molecule has 5 nitrogen and oxygen atoms in total. The van der Waals surface area contributed by atoms with Gasteiger partial charge in [0.1, 0.15) is 5.75 Å². The normalized spacial score (nSPS) is 8.56. The molecule has 0 amide bonds. The average molecular weight is 261 g/mol. The van der Waals surface area contributed by atoms with Gasteiger partial charge in [-0.3, -0.25) is 0 Å². The van der Waals surface area contributed by atoms with E-state index in [1.54, 1.807) is 0 Å². The van der Waals surface area contributed by atoms with Crippen molar-refractivity contribution in [3.05, 3.63) is 28.3 Å². The van der Waals surface area contributed by atoms with E-state index in [1.165, 1.54) is 0 Å². The molecule has 74 valence electrons. The second kappa shape index (κ2) is 7.55. The van der Waals surface area contributed by atoms with Crippen LogP contribution in [0.25, 0.3) is 0 Å². The largest absolute Gasteiger partial charge is 1.00 e. The molecule has 1 aromatic carbocycles. The van der Waals surface area contributed by atoms with Gasteiger partial charge in [0.15, 0.2) is 0 Å². The van der Waals surface area contributed by atoms with E-state index in [2.05, 4.69) is 0 Å². The second-order valence-electron chi connectivity index (χ2n) is 2.39. The van der Waals surface area contributed by atoms with Crippen molar-refractivity contribution in [3.8, 4) is 5.75 Å². The maximum atomic E-state index is 10.5. The molecule has 0 aliphatic heterocycles. The monoisotopic (exact) mass is 260 g/mol. The zero-order valence-corrected chi connectivity index (χ0v) is 13.4. The summed E-state index contributed by atoms with van der Waals surface area (Å²) in [5, 5.41) is 29.8. The van der Waals surface area contributed by atoms with Gasteiger partial charge in [-0.05, 0) is 6.07 Å². The molecule has 1 N–H and O–H groups in total. The summed E-state index contributed by atoms with van der Waals surface area (Å²) in [5.74, 6) is -4.39. The van der Waals surface area contributed by atoms with Gasteiger partial charge in [0, 0.05) is 11.1 Å². The smallest absolute Gasteiger partial charge is 0.545 e. The topological polar surface area (TPSA) is 100 Å². The summed E-state index contributed by atoms with van der Waals surface area (Å²) in [5.41, 5.74) is -1.55. The summed E-state index contributed by atoms with van der Waals surface area (Å²) in [6, 6.07) is 1.97. The number of carbonyl (C=O) groups excluding carboxylic acids is 2. The van der Waals surface area contributed by atoms with Crippen molar-refractivity contribution in [2.24, 2.45) is 0 Å². The molecule has 1 rings (SSSR count). The molecule has 0 spiro atoms. The minimum Gasteiger partial charge on any atom is -0.545 e. The van der Waals surface area contributed by atoms with Gasteiger partial charge in [-0.2, -0.15) is 0 Å². The van der Waals surface area contributed by atoms with Crippen LogP contribution in [0, 0.1) is 0 Å². The van der Waals surface area contributed by atoms with Crippen molar-refractivity contribution < 1.29 is 84.0 Å². The van der Waals surface area contributed by atoms with E-state index in [-0.39, 0.29) is 64.1 Å². The van der Waals surface area contributed by atoms with Gasteiger partial charge in [0.25, 0.3) is 0 Å². The van der Waals surface area contributed by atoms with Gasteiger partial charge in [-0.25, -0.2) is 0 Å². The number of carboxylic acids is 2. The van der Waals surface area contributed by atoms with E-state index < -0.39 is 28.8 Å². The summed E-state index contributed by atoms with van der Waals surface area (Å²) in [6.07, 6.45) is 0. The molecular weight excluding hydrogens is 258 g/mol. The van der Waals surface area contributed by atoms with Crippen molar-refractivity contribution in [1.29, 1.82) is 0 Å². The number of rotatable bonds is 2. The third-order valence-electron chi connectivity index (χ3n) is 1.55. The molecule has 0 atom stereocenters. The Balaban J connectivity index is 0. The number of carboxylic acid groups (broad SMARTS) is 2. The maximum absolute atomic E-state index is 10.5. The molecule has 0 fully saturated rings. The van der Waals surface area contributed by atoms with Gasteiger partial charge in [-0.15, -0.1) is 0 Å². The van der Waals surface area contributed by atoms with Crippen LogP contribution >= 0.6 is 11.6 Å². The van der Waals surface area contributed by atoms with Crippen molar-refractivity contribution in [2.75, 3.05) is 0 Å².